The molecule has 1 heteroatoms. The Morgan fingerprint density at radius 3 is 2.31 bits per heavy atom. The fourth-order valence-corrected chi connectivity index (χ4v) is 1.42. The summed E-state index contributed by atoms with van der Waals surface area (Å²) in [6.45, 7) is 15.1. The molecule has 1 nitrogen and oxygen atoms in total. The van der Waals surface area contributed by atoms with E-state index in [1.807, 2.05) is 6.08 Å². The summed E-state index contributed by atoms with van der Waals surface area (Å²) in [7, 11) is 0. The first kappa shape index (κ1) is 12.7. The maximum absolute atomic E-state index is 3.79. The lowest BCUT2D eigenvalue weighted by atomic mass is 9.85. The molecule has 78 valence electrons. The van der Waals surface area contributed by atoms with E-state index in [-0.39, 0.29) is 5.54 Å². The highest BCUT2D eigenvalue weighted by Gasteiger charge is 2.25. The second-order valence-corrected chi connectivity index (χ2v) is 4.60. The fourth-order valence-electron chi connectivity index (χ4n) is 1.42. The molecule has 2 atom stereocenters. The highest BCUT2D eigenvalue weighted by molar-refractivity contribution is 4.88. The minimum Gasteiger partial charge on any atom is -0.309 e. The normalized spacial score (nSPS) is 16.7. The van der Waals surface area contributed by atoms with Crippen molar-refractivity contribution in [3.63, 3.8) is 0 Å². The first-order valence-electron chi connectivity index (χ1n) is 5.32. The van der Waals surface area contributed by atoms with Crippen molar-refractivity contribution in [3.8, 4) is 0 Å². The van der Waals surface area contributed by atoms with E-state index >= 15 is 0 Å². The minimum absolute atomic E-state index is 0.212. The summed E-state index contributed by atoms with van der Waals surface area (Å²) in [5.74, 6) is 0.638. The molecule has 0 aliphatic carbocycles. The van der Waals surface area contributed by atoms with E-state index < -0.39 is 0 Å². The van der Waals surface area contributed by atoms with E-state index in [2.05, 4.69) is 46.5 Å². The van der Waals surface area contributed by atoms with Crippen molar-refractivity contribution in [1.29, 1.82) is 0 Å². The third-order valence-corrected chi connectivity index (χ3v) is 2.98. The summed E-state index contributed by atoms with van der Waals surface area (Å²) in [5, 5.41) is 3.64. The van der Waals surface area contributed by atoms with Crippen molar-refractivity contribution < 1.29 is 0 Å². The monoisotopic (exact) mass is 183 g/mol. The molecule has 0 aromatic rings. The zero-order chi connectivity index (χ0) is 10.5. The Kier molecular flexibility index (Phi) is 5.31. The molecule has 0 aromatic carbocycles. The van der Waals surface area contributed by atoms with Gasteiger partial charge in [0.25, 0.3) is 0 Å². The standard InChI is InChI=1S/C12H25N/c1-7-9-10(3)12(5,6)13-11(4)8-2/h7,10-11,13H,1,8-9H2,2-6H3. The Hall–Kier alpha value is -0.300. The van der Waals surface area contributed by atoms with Gasteiger partial charge in [-0.2, -0.15) is 0 Å². The molecule has 0 spiro atoms. The Morgan fingerprint density at radius 1 is 1.38 bits per heavy atom. The van der Waals surface area contributed by atoms with E-state index in [0.29, 0.717) is 12.0 Å². The lowest BCUT2D eigenvalue weighted by Crippen LogP contribution is -2.48. The van der Waals surface area contributed by atoms with Gasteiger partial charge in [0.2, 0.25) is 0 Å². The van der Waals surface area contributed by atoms with Gasteiger partial charge in [-0.1, -0.05) is 19.9 Å². The number of hydrogen-bond acceptors (Lipinski definition) is 1. The summed E-state index contributed by atoms with van der Waals surface area (Å²) in [4.78, 5) is 0. The summed E-state index contributed by atoms with van der Waals surface area (Å²) < 4.78 is 0. The molecule has 0 saturated heterocycles. The molecule has 0 aromatic heterocycles. The van der Waals surface area contributed by atoms with Crippen LogP contribution in [0.2, 0.25) is 0 Å². The first-order valence-corrected chi connectivity index (χ1v) is 5.32. The summed E-state index contributed by atoms with van der Waals surface area (Å²) >= 11 is 0. The predicted molar refractivity (Wildman–Crippen MR) is 60.9 cm³/mol. The van der Waals surface area contributed by atoms with Gasteiger partial charge in [-0.05, 0) is 39.5 Å². The van der Waals surface area contributed by atoms with Crippen LogP contribution in [-0.2, 0) is 0 Å². The van der Waals surface area contributed by atoms with Gasteiger partial charge in [-0.3, -0.25) is 0 Å². The Bertz CT molecular complexity index is 149. The van der Waals surface area contributed by atoms with Crippen LogP contribution in [0.3, 0.4) is 0 Å². The largest absolute Gasteiger partial charge is 0.309 e. The topological polar surface area (TPSA) is 12.0 Å². The lowest BCUT2D eigenvalue weighted by Gasteiger charge is -2.35. The van der Waals surface area contributed by atoms with Crippen LogP contribution < -0.4 is 5.32 Å². The molecule has 0 amide bonds. The van der Waals surface area contributed by atoms with E-state index in [1.54, 1.807) is 0 Å². The van der Waals surface area contributed by atoms with Gasteiger partial charge in [-0.15, -0.1) is 6.58 Å². The van der Waals surface area contributed by atoms with Crippen molar-refractivity contribution >= 4 is 0 Å². The van der Waals surface area contributed by atoms with Crippen molar-refractivity contribution in [3.05, 3.63) is 12.7 Å². The maximum atomic E-state index is 3.79. The molecule has 2 unspecified atom stereocenters. The third kappa shape index (κ3) is 4.47. The van der Waals surface area contributed by atoms with Crippen molar-refractivity contribution in [2.45, 2.75) is 59.0 Å². The van der Waals surface area contributed by atoms with Gasteiger partial charge in [0.1, 0.15) is 0 Å². The van der Waals surface area contributed by atoms with Crippen LogP contribution >= 0.6 is 0 Å². The van der Waals surface area contributed by atoms with Crippen LogP contribution in [0.15, 0.2) is 12.7 Å². The fraction of sp³-hybridized carbons (Fsp3) is 0.833. The van der Waals surface area contributed by atoms with Crippen molar-refractivity contribution in [1.82, 2.24) is 5.32 Å². The average molecular weight is 183 g/mol. The number of rotatable bonds is 6. The van der Waals surface area contributed by atoms with E-state index in [0.717, 1.165) is 6.42 Å². The SMILES string of the molecule is C=CCC(C)C(C)(C)NC(C)CC. The zero-order valence-corrected chi connectivity index (χ0v) is 9.85. The molecule has 1 N–H and O–H groups in total. The van der Waals surface area contributed by atoms with Crippen molar-refractivity contribution in [2.24, 2.45) is 5.92 Å². The van der Waals surface area contributed by atoms with Crippen LogP contribution in [0.1, 0.15) is 47.5 Å². The molecule has 0 saturated carbocycles. The highest BCUT2D eigenvalue weighted by atomic mass is 15.0. The molecule has 13 heavy (non-hydrogen) atoms. The second-order valence-electron chi connectivity index (χ2n) is 4.60. The molecule has 0 heterocycles. The second kappa shape index (κ2) is 5.43. The Balaban J connectivity index is 4.11. The number of nitrogens with one attached hydrogen (secondary N) is 1. The van der Waals surface area contributed by atoms with Gasteiger partial charge in [-0.25, -0.2) is 0 Å². The molecule has 0 aliphatic heterocycles. The molecule has 0 aliphatic rings. The summed E-state index contributed by atoms with van der Waals surface area (Å²) in [5.41, 5.74) is 0.212. The van der Waals surface area contributed by atoms with Crippen LogP contribution in [0.25, 0.3) is 0 Å². The number of hydrogen-bond donors (Lipinski definition) is 1. The highest BCUT2D eigenvalue weighted by Crippen LogP contribution is 2.20. The number of allylic oxidation sites excluding steroid dienone is 1. The van der Waals surface area contributed by atoms with Gasteiger partial charge in [0.15, 0.2) is 0 Å². The van der Waals surface area contributed by atoms with Crippen LogP contribution in [0.4, 0.5) is 0 Å². The molecule has 0 fully saturated rings. The average Bonchev–Trinajstić information content (AvgIpc) is 2.04. The maximum Gasteiger partial charge on any atom is 0.0156 e. The Labute approximate surface area is 83.6 Å². The quantitative estimate of drug-likeness (QED) is 0.623. The Morgan fingerprint density at radius 2 is 1.92 bits per heavy atom. The summed E-state index contributed by atoms with van der Waals surface area (Å²) in [6.07, 6.45) is 4.27. The summed E-state index contributed by atoms with van der Waals surface area (Å²) in [6, 6.07) is 0.599. The smallest absolute Gasteiger partial charge is 0.0156 e. The first-order chi connectivity index (χ1) is 5.94. The van der Waals surface area contributed by atoms with Gasteiger partial charge >= 0.3 is 0 Å². The zero-order valence-electron chi connectivity index (χ0n) is 9.85. The van der Waals surface area contributed by atoms with Gasteiger partial charge in [0.05, 0.1) is 0 Å². The van der Waals surface area contributed by atoms with Gasteiger partial charge < -0.3 is 5.32 Å². The molecular formula is C12H25N. The van der Waals surface area contributed by atoms with Crippen LogP contribution in [0.5, 0.6) is 0 Å². The van der Waals surface area contributed by atoms with Crippen molar-refractivity contribution in [2.75, 3.05) is 0 Å². The third-order valence-electron chi connectivity index (χ3n) is 2.98. The predicted octanol–water partition coefficient (Wildman–Crippen LogP) is 3.37. The van der Waals surface area contributed by atoms with Crippen LogP contribution in [0, 0.1) is 5.92 Å². The molecule has 0 rings (SSSR count). The van der Waals surface area contributed by atoms with E-state index in [9.17, 15) is 0 Å². The van der Waals surface area contributed by atoms with E-state index in [4.69, 9.17) is 0 Å². The van der Waals surface area contributed by atoms with Crippen LogP contribution in [-0.4, -0.2) is 11.6 Å². The minimum atomic E-state index is 0.212. The van der Waals surface area contributed by atoms with E-state index in [1.165, 1.54) is 6.42 Å². The van der Waals surface area contributed by atoms with Gasteiger partial charge in [0, 0.05) is 11.6 Å². The molecular weight excluding hydrogens is 158 g/mol. The molecule has 0 radical (unpaired) electrons. The lowest BCUT2D eigenvalue weighted by molar-refractivity contribution is 0.244. The molecule has 0 bridgehead atoms.